The summed E-state index contributed by atoms with van der Waals surface area (Å²) >= 11 is 1.64. The molecule has 0 bridgehead atoms. The summed E-state index contributed by atoms with van der Waals surface area (Å²) in [5.74, 6) is -1.04. The molecule has 2 aromatic carbocycles. The molecule has 1 saturated heterocycles. The maximum atomic E-state index is 14.7. The smallest absolute Gasteiger partial charge is 0.307 e. The van der Waals surface area contributed by atoms with Crippen LogP contribution in [0.5, 0.6) is 0 Å². The molecule has 2 aliphatic heterocycles. The van der Waals surface area contributed by atoms with Gasteiger partial charge in [0.1, 0.15) is 5.82 Å². The zero-order valence-corrected chi connectivity index (χ0v) is 29.2. The van der Waals surface area contributed by atoms with Crippen molar-refractivity contribution >= 4 is 29.2 Å². The molecule has 5 rings (SSSR count). The number of ether oxygens (including phenoxy) is 1. The molecule has 2 aromatic rings. The van der Waals surface area contributed by atoms with Gasteiger partial charge in [-0.05, 0) is 110 Å². The highest BCUT2D eigenvalue weighted by Gasteiger charge is 2.35. The first kappa shape index (κ1) is 36.8. The van der Waals surface area contributed by atoms with Crippen LogP contribution < -0.4 is 4.31 Å². The molecule has 0 saturated carbocycles. The Morgan fingerprint density at radius 1 is 1.13 bits per heavy atom. The number of carbonyl (C=O) groups is 1. The molecule has 1 atom stereocenters. The number of hydrogen-bond donors (Lipinski definition) is 2. The van der Waals surface area contributed by atoms with E-state index in [0.29, 0.717) is 0 Å². The van der Waals surface area contributed by atoms with Crippen molar-refractivity contribution in [3.05, 3.63) is 71.6 Å². The van der Waals surface area contributed by atoms with Crippen LogP contribution >= 0.6 is 11.9 Å². The van der Waals surface area contributed by atoms with Crippen LogP contribution in [0.1, 0.15) is 88.6 Å². The highest BCUT2D eigenvalue weighted by Crippen LogP contribution is 2.53. The van der Waals surface area contributed by atoms with Crippen molar-refractivity contribution in [2.75, 3.05) is 43.4 Å². The fourth-order valence-corrected chi connectivity index (χ4v) is 7.17. The zero-order valence-electron chi connectivity index (χ0n) is 28.3. The summed E-state index contributed by atoms with van der Waals surface area (Å²) in [4.78, 5) is 14.5. The summed E-state index contributed by atoms with van der Waals surface area (Å²) in [6, 6.07) is 7.36. The third-order valence-corrected chi connectivity index (χ3v) is 9.34. The van der Waals surface area contributed by atoms with E-state index in [9.17, 15) is 14.3 Å². The van der Waals surface area contributed by atoms with Gasteiger partial charge in [-0.3, -0.25) is 9.69 Å². The van der Waals surface area contributed by atoms with Gasteiger partial charge in [0.2, 0.25) is 0 Å². The molecule has 1 aliphatic carbocycles. The molecule has 0 amide bonds. The minimum absolute atomic E-state index is 0.00782. The minimum Gasteiger partial charge on any atom is -0.481 e. The number of morpholine rings is 1. The van der Waals surface area contributed by atoms with Crippen molar-refractivity contribution in [1.82, 2.24) is 4.90 Å². The number of rotatable bonds is 7. The van der Waals surface area contributed by atoms with Crippen LogP contribution in [-0.4, -0.2) is 65.8 Å². The Kier molecular flexibility index (Phi) is 12.9. The number of anilines is 1. The Morgan fingerprint density at radius 3 is 2.33 bits per heavy atom. The van der Waals surface area contributed by atoms with Crippen LogP contribution in [0.15, 0.2) is 43.5 Å². The monoisotopic (exact) mass is 640 g/mol. The lowest BCUT2D eigenvalue weighted by Gasteiger charge is -2.41. The van der Waals surface area contributed by atoms with Crippen LogP contribution in [-0.2, 0) is 16.0 Å². The van der Waals surface area contributed by atoms with Gasteiger partial charge in [0.15, 0.2) is 0 Å². The maximum absolute atomic E-state index is 14.7. The normalized spacial score (nSPS) is 19.2. The molecule has 2 N–H and O–H groups in total. The predicted molar refractivity (Wildman–Crippen MR) is 187 cm³/mol. The second-order valence-corrected chi connectivity index (χ2v) is 14.5. The fourth-order valence-electron chi connectivity index (χ4n) is 6.28. The molecule has 6 nitrogen and oxygen atoms in total. The van der Waals surface area contributed by atoms with Crippen LogP contribution in [0.3, 0.4) is 0 Å². The van der Waals surface area contributed by atoms with Gasteiger partial charge < -0.3 is 19.3 Å². The standard InChI is InChI=1S/C31H39FN2O3S.C4H10O.C2H4/c1-20-24(19-29(35)36)25(21-7-10-31(2,3)11-8-21)18-27-23-6-5-22(32)17-26(23)28(34(38-4)30(20)27)9-12-33-13-15-37-16-14-33;1-4(2,3)5;1-2/h5-7,17-18,28H,8-16,19H2,1-4H3,(H,35,36);5H,1-3H3;1-2H2/t28-;;/m0../s1. The third kappa shape index (κ3) is 9.67. The van der Waals surface area contributed by atoms with Crippen molar-refractivity contribution in [3.63, 3.8) is 0 Å². The SMILES string of the molecule is C=C.CC(C)(C)O.CSN1c2c(cc(C3=CCC(C)(C)CC3)c(CC(=O)O)c2C)-c2ccc(F)cc2[C@@H]1CCN1CCOCC1. The van der Waals surface area contributed by atoms with Gasteiger partial charge >= 0.3 is 5.97 Å². The zero-order chi connectivity index (χ0) is 33.5. The summed E-state index contributed by atoms with van der Waals surface area (Å²) in [5.41, 5.74) is 8.17. The van der Waals surface area contributed by atoms with E-state index in [2.05, 4.69) is 61.5 Å². The van der Waals surface area contributed by atoms with Crippen molar-refractivity contribution < 1.29 is 24.1 Å². The minimum atomic E-state index is -0.816. The first-order valence-electron chi connectivity index (χ1n) is 15.9. The number of fused-ring (bicyclic) bond motifs is 3. The molecule has 0 radical (unpaired) electrons. The van der Waals surface area contributed by atoms with E-state index in [4.69, 9.17) is 9.84 Å². The van der Waals surface area contributed by atoms with Crippen LogP contribution in [0, 0.1) is 18.2 Å². The van der Waals surface area contributed by atoms with Crippen molar-refractivity contribution in [1.29, 1.82) is 0 Å². The number of nitrogens with zero attached hydrogens (tertiary/aromatic N) is 2. The highest BCUT2D eigenvalue weighted by molar-refractivity contribution is 8.00. The molecule has 8 heteroatoms. The molecule has 0 spiro atoms. The highest BCUT2D eigenvalue weighted by atomic mass is 32.2. The van der Waals surface area contributed by atoms with Crippen LogP contribution in [0.4, 0.5) is 10.1 Å². The lowest BCUT2D eigenvalue weighted by atomic mass is 9.75. The topological polar surface area (TPSA) is 73.2 Å². The molecule has 0 aromatic heterocycles. The number of allylic oxidation sites excluding steroid dienone is 2. The van der Waals surface area contributed by atoms with E-state index in [1.54, 1.807) is 44.9 Å². The van der Waals surface area contributed by atoms with Gasteiger partial charge in [0, 0.05) is 31.5 Å². The number of aliphatic hydroxyl groups is 1. The second kappa shape index (κ2) is 15.8. The van der Waals surface area contributed by atoms with Crippen LogP contribution in [0.25, 0.3) is 16.7 Å². The van der Waals surface area contributed by atoms with E-state index >= 15 is 0 Å². The maximum Gasteiger partial charge on any atom is 0.307 e. The molecule has 1 fully saturated rings. The summed E-state index contributed by atoms with van der Waals surface area (Å²) in [6.07, 6.45) is 8.20. The number of halogens is 1. The number of hydrogen-bond acceptors (Lipinski definition) is 6. The van der Waals surface area contributed by atoms with Gasteiger partial charge in [-0.25, -0.2) is 4.39 Å². The molecular formula is C37H53FN2O4S. The average molecular weight is 641 g/mol. The van der Waals surface area contributed by atoms with E-state index in [1.807, 2.05) is 6.07 Å². The van der Waals surface area contributed by atoms with E-state index < -0.39 is 11.6 Å². The second-order valence-electron chi connectivity index (χ2n) is 13.8. The Bertz CT molecular complexity index is 1360. The summed E-state index contributed by atoms with van der Waals surface area (Å²) in [7, 11) is 0. The first-order valence-corrected chi connectivity index (χ1v) is 17.1. The number of benzene rings is 2. The van der Waals surface area contributed by atoms with Crippen LogP contribution in [0.2, 0.25) is 0 Å². The number of aliphatic carboxylic acids is 1. The molecule has 2 heterocycles. The Balaban J connectivity index is 0.000000719. The summed E-state index contributed by atoms with van der Waals surface area (Å²) in [5, 5.41) is 18.4. The van der Waals surface area contributed by atoms with Gasteiger partial charge in [-0.15, -0.1) is 13.2 Å². The Hall–Kier alpha value is -2.65. The van der Waals surface area contributed by atoms with E-state index in [-0.39, 0.29) is 23.7 Å². The molecule has 248 valence electrons. The Labute approximate surface area is 274 Å². The number of carboxylic acid groups (broad SMARTS) is 1. The van der Waals surface area contributed by atoms with Crippen molar-refractivity contribution in [2.45, 2.75) is 85.3 Å². The van der Waals surface area contributed by atoms with E-state index in [1.165, 1.54) is 5.57 Å². The largest absolute Gasteiger partial charge is 0.481 e. The third-order valence-electron chi connectivity index (χ3n) is 8.51. The van der Waals surface area contributed by atoms with E-state index in [0.717, 1.165) is 97.6 Å². The van der Waals surface area contributed by atoms with Crippen molar-refractivity contribution in [3.8, 4) is 11.1 Å². The molecule has 0 unspecified atom stereocenters. The first-order chi connectivity index (χ1) is 21.2. The number of carboxylic acids is 1. The molecule has 3 aliphatic rings. The lowest BCUT2D eigenvalue weighted by Crippen LogP contribution is -2.39. The summed E-state index contributed by atoms with van der Waals surface area (Å²) < 4.78 is 22.5. The van der Waals surface area contributed by atoms with Gasteiger partial charge in [-0.1, -0.05) is 37.9 Å². The lowest BCUT2D eigenvalue weighted by molar-refractivity contribution is -0.136. The quantitative estimate of drug-likeness (QED) is 0.232. The molecular weight excluding hydrogens is 587 g/mol. The van der Waals surface area contributed by atoms with Gasteiger partial charge in [-0.2, -0.15) is 0 Å². The average Bonchev–Trinajstić information content (AvgIpc) is 2.97. The van der Waals surface area contributed by atoms with Gasteiger partial charge in [0.05, 0.1) is 37.0 Å². The Morgan fingerprint density at radius 2 is 1.78 bits per heavy atom. The van der Waals surface area contributed by atoms with Gasteiger partial charge in [0.25, 0.3) is 0 Å². The summed E-state index contributed by atoms with van der Waals surface area (Å²) in [6.45, 7) is 22.1. The predicted octanol–water partition coefficient (Wildman–Crippen LogP) is 8.46. The van der Waals surface area contributed by atoms with Crippen molar-refractivity contribution in [2.24, 2.45) is 5.41 Å². The molecule has 45 heavy (non-hydrogen) atoms. The fraction of sp³-hybridized carbons (Fsp3) is 0.541.